The zero-order valence-corrected chi connectivity index (χ0v) is 13.9. The lowest BCUT2D eigenvalue weighted by Crippen LogP contribution is -2.50. The summed E-state index contributed by atoms with van der Waals surface area (Å²) in [6, 6.07) is 5.90. The molecule has 0 N–H and O–H groups in total. The van der Waals surface area contributed by atoms with Gasteiger partial charge >= 0.3 is 0 Å². The largest absolute Gasteiger partial charge is 0.454 e. The highest BCUT2D eigenvalue weighted by Crippen LogP contribution is 2.32. The number of benzene rings is 1. The van der Waals surface area contributed by atoms with Crippen molar-refractivity contribution in [2.75, 3.05) is 33.5 Å². The fraction of sp³-hybridized carbons (Fsp3) is 0.588. The van der Waals surface area contributed by atoms with Crippen LogP contribution < -0.4 is 9.47 Å². The Bertz CT molecular complexity index is 568. The van der Waals surface area contributed by atoms with Crippen LogP contribution in [-0.4, -0.2) is 61.4 Å². The van der Waals surface area contributed by atoms with Gasteiger partial charge in [0.2, 0.25) is 12.7 Å². The van der Waals surface area contributed by atoms with Crippen molar-refractivity contribution in [2.24, 2.45) is 0 Å². The van der Waals surface area contributed by atoms with Crippen LogP contribution in [0.3, 0.4) is 0 Å². The van der Waals surface area contributed by atoms with Crippen LogP contribution >= 0.6 is 0 Å². The van der Waals surface area contributed by atoms with E-state index in [1.165, 1.54) is 0 Å². The molecule has 2 unspecified atom stereocenters. The molecule has 6 heteroatoms. The van der Waals surface area contributed by atoms with Gasteiger partial charge in [0.05, 0.1) is 18.8 Å². The van der Waals surface area contributed by atoms with Gasteiger partial charge in [0.1, 0.15) is 0 Å². The average Bonchev–Trinajstić information content (AvgIpc) is 2.93. The topological polar surface area (TPSA) is 51.2 Å². The SMILES string of the molecule is CC1CN(C(=O)CN(C)Cc2ccc3c(c2)OCO3)CC(C)O1. The predicted octanol–water partition coefficient (Wildman–Crippen LogP) is 1.48. The van der Waals surface area contributed by atoms with Gasteiger partial charge in [-0.15, -0.1) is 0 Å². The third kappa shape index (κ3) is 3.95. The summed E-state index contributed by atoms with van der Waals surface area (Å²) in [4.78, 5) is 16.4. The number of amides is 1. The van der Waals surface area contributed by atoms with E-state index in [-0.39, 0.29) is 24.9 Å². The lowest BCUT2D eigenvalue weighted by atomic mass is 10.2. The van der Waals surface area contributed by atoms with Crippen LogP contribution in [0.4, 0.5) is 0 Å². The smallest absolute Gasteiger partial charge is 0.236 e. The summed E-state index contributed by atoms with van der Waals surface area (Å²) in [6.45, 7) is 6.72. The average molecular weight is 320 g/mol. The van der Waals surface area contributed by atoms with Crippen molar-refractivity contribution in [3.05, 3.63) is 23.8 Å². The standard InChI is InChI=1S/C17H24N2O4/c1-12-7-19(8-13(2)23-12)17(20)10-18(3)9-14-4-5-15-16(6-14)22-11-21-15/h4-6,12-13H,7-11H2,1-3H3. The number of rotatable bonds is 4. The Balaban J connectivity index is 1.54. The van der Waals surface area contributed by atoms with Crippen molar-refractivity contribution < 1.29 is 19.0 Å². The van der Waals surface area contributed by atoms with E-state index in [2.05, 4.69) is 0 Å². The van der Waals surface area contributed by atoms with Crippen molar-refractivity contribution >= 4 is 5.91 Å². The number of hydrogen-bond acceptors (Lipinski definition) is 5. The van der Waals surface area contributed by atoms with Gasteiger partial charge in [0.15, 0.2) is 11.5 Å². The normalized spacial score (nSPS) is 23.4. The molecule has 1 amide bonds. The van der Waals surface area contributed by atoms with E-state index in [9.17, 15) is 4.79 Å². The van der Waals surface area contributed by atoms with Crippen molar-refractivity contribution in [1.29, 1.82) is 0 Å². The Morgan fingerprint density at radius 1 is 1.22 bits per heavy atom. The number of nitrogens with zero attached hydrogens (tertiary/aromatic N) is 2. The summed E-state index contributed by atoms with van der Waals surface area (Å²) >= 11 is 0. The first-order chi connectivity index (χ1) is 11.0. The van der Waals surface area contributed by atoms with Gasteiger partial charge < -0.3 is 19.1 Å². The number of morpholine rings is 1. The lowest BCUT2D eigenvalue weighted by Gasteiger charge is -2.36. The van der Waals surface area contributed by atoms with Gasteiger partial charge in [0, 0.05) is 19.6 Å². The van der Waals surface area contributed by atoms with Crippen molar-refractivity contribution in [1.82, 2.24) is 9.80 Å². The van der Waals surface area contributed by atoms with E-state index in [0.29, 0.717) is 26.2 Å². The van der Waals surface area contributed by atoms with Gasteiger partial charge in [-0.25, -0.2) is 0 Å². The molecule has 23 heavy (non-hydrogen) atoms. The third-order valence-corrected chi connectivity index (χ3v) is 4.07. The van der Waals surface area contributed by atoms with Crippen LogP contribution in [0.1, 0.15) is 19.4 Å². The van der Waals surface area contributed by atoms with E-state index in [1.54, 1.807) is 0 Å². The third-order valence-electron chi connectivity index (χ3n) is 4.07. The summed E-state index contributed by atoms with van der Waals surface area (Å²) in [5.41, 5.74) is 1.10. The fourth-order valence-corrected chi connectivity index (χ4v) is 3.12. The van der Waals surface area contributed by atoms with Crippen molar-refractivity contribution in [3.63, 3.8) is 0 Å². The van der Waals surface area contributed by atoms with E-state index < -0.39 is 0 Å². The second-order valence-electron chi connectivity index (χ2n) is 6.42. The maximum atomic E-state index is 12.5. The first kappa shape index (κ1) is 16.1. The summed E-state index contributed by atoms with van der Waals surface area (Å²) in [5.74, 6) is 1.71. The number of ether oxygens (including phenoxy) is 3. The monoisotopic (exact) mass is 320 g/mol. The van der Waals surface area contributed by atoms with Crippen LogP contribution in [0.15, 0.2) is 18.2 Å². The first-order valence-electron chi connectivity index (χ1n) is 8.01. The zero-order valence-electron chi connectivity index (χ0n) is 13.9. The first-order valence-corrected chi connectivity index (χ1v) is 8.01. The highest BCUT2D eigenvalue weighted by molar-refractivity contribution is 5.78. The van der Waals surface area contributed by atoms with Crippen LogP contribution in [0, 0.1) is 0 Å². The molecular weight excluding hydrogens is 296 g/mol. The zero-order chi connectivity index (χ0) is 16.4. The fourth-order valence-electron chi connectivity index (χ4n) is 3.12. The lowest BCUT2D eigenvalue weighted by molar-refractivity contribution is -0.144. The van der Waals surface area contributed by atoms with Gasteiger partial charge in [-0.2, -0.15) is 0 Å². The highest BCUT2D eigenvalue weighted by atomic mass is 16.7. The second kappa shape index (κ2) is 6.76. The molecule has 0 aromatic heterocycles. The molecule has 0 aliphatic carbocycles. The van der Waals surface area contributed by atoms with Crippen LogP contribution in [0.2, 0.25) is 0 Å². The molecule has 2 atom stereocenters. The molecule has 1 aromatic carbocycles. The van der Waals surface area contributed by atoms with Gasteiger partial charge in [0.25, 0.3) is 0 Å². The molecule has 2 heterocycles. The number of likely N-dealkylation sites (N-methyl/N-ethyl adjacent to an activating group) is 1. The van der Waals surface area contributed by atoms with Gasteiger partial charge in [-0.1, -0.05) is 6.07 Å². The highest BCUT2D eigenvalue weighted by Gasteiger charge is 2.26. The van der Waals surface area contributed by atoms with E-state index in [4.69, 9.17) is 14.2 Å². The molecule has 3 rings (SSSR count). The molecule has 2 aliphatic heterocycles. The molecule has 6 nitrogen and oxygen atoms in total. The van der Waals surface area contributed by atoms with Gasteiger partial charge in [-0.05, 0) is 38.6 Å². The summed E-state index contributed by atoms with van der Waals surface area (Å²) in [7, 11) is 1.95. The summed E-state index contributed by atoms with van der Waals surface area (Å²) < 4.78 is 16.4. The predicted molar refractivity (Wildman–Crippen MR) is 85.5 cm³/mol. The van der Waals surface area contributed by atoms with Gasteiger partial charge in [-0.3, -0.25) is 9.69 Å². The molecule has 1 aromatic rings. The molecule has 126 valence electrons. The number of carbonyl (C=O) groups excluding carboxylic acids is 1. The molecule has 0 spiro atoms. The molecular formula is C17H24N2O4. The summed E-state index contributed by atoms with van der Waals surface area (Å²) in [6.07, 6.45) is 0.198. The molecule has 0 saturated carbocycles. The summed E-state index contributed by atoms with van der Waals surface area (Å²) in [5, 5.41) is 0. The minimum Gasteiger partial charge on any atom is -0.454 e. The van der Waals surface area contributed by atoms with E-state index in [0.717, 1.165) is 17.1 Å². The number of carbonyl (C=O) groups is 1. The molecule has 0 radical (unpaired) electrons. The molecule has 1 fully saturated rings. The molecule has 2 aliphatic rings. The Hall–Kier alpha value is -1.79. The van der Waals surface area contributed by atoms with E-state index >= 15 is 0 Å². The Kier molecular flexibility index (Phi) is 4.73. The van der Waals surface area contributed by atoms with Crippen molar-refractivity contribution in [2.45, 2.75) is 32.6 Å². The Labute approximate surface area is 136 Å². The maximum Gasteiger partial charge on any atom is 0.236 e. The van der Waals surface area contributed by atoms with Crippen LogP contribution in [0.5, 0.6) is 11.5 Å². The minimum atomic E-state index is 0.0989. The maximum absolute atomic E-state index is 12.5. The Morgan fingerprint density at radius 2 is 1.91 bits per heavy atom. The van der Waals surface area contributed by atoms with Crippen LogP contribution in [0.25, 0.3) is 0 Å². The molecule has 1 saturated heterocycles. The van der Waals surface area contributed by atoms with Crippen LogP contribution in [-0.2, 0) is 16.1 Å². The van der Waals surface area contributed by atoms with Crippen molar-refractivity contribution in [3.8, 4) is 11.5 Å². The number of fused-ring (bicyclic) bond motifs is 1. The second-order valence-corrected chi connectivity index (χ2v) is 6.42. The van der Waals surface area contributed by atoms with E-state index in [1.807, 2.05) is 48.9 Å². The Morgan fingerprint density at radius 3 is 2.65 bits per heavy atom. The molecule has 0 bridgehead atoms. The minimum absolute atomic E-state index is 0.0989. The quantitative estimate of drug-likeness (QED) is 0.841. The number of hydrogen-bond donors (Lipinski definition) is 0.